The summed E-state index contributed by atoms with van der Waals surface area (Å²) in [7, 11) is 0. The second-order valence-electron chi connectivity index (χ2n) is 2.97. The highest BCUT2D eigenvalue weighted by molar-refractivity contribution is 5.93. The fraction of sp³-hybridized carbons (Fsp3) is 0.545. The number of hydrogen-bond acceptors (Lipinski definition) is 5. The van der Waals surface area contributed by atoms with Crippen molar-refractivity contribution in [3.05, 3.63) is 12.7 Å². The van der Waals surface area contributed by atoms with Crippen molar-refractivity contribution in [2.75, 3.05) is 13.2 Å². The number of carboxylic acids is 2. The third kappa shape index (κ3) is 47.5. The van der Waals surface area contributed by atoms with Gasteiger partial charge in [-0.25, -0.2) is 4.79 Å². The molecule has 7 heteroatoms. The van der Waals surface area contributed by atoms with Gasteiger partial charge in [0, 0.05) is 19.3 Å². The lowest BCUT2D eigenvalue weighted by molar-refractivity contribution is -0.139. The molecule has 0 aliphatic carbocycles. The Hall–Kier alpha value is -1.73. The first-order valence-electron chi connectivity index (χ1n) is 5.10. The van der Waals surface area contributed by atoms with Gasteiger partial charge in [0.1, 0.15) is 12.2 Å². The Morgan fingerprint density at radius 1 is 1.06 bits per heavy atom. The first kappa shape index (κ1) is 21.5. The molecule has 0 saturated heterocycles. The molecule has 0 radical (unpaired) electrons. The summed E-state index contributed by atoms with van der Waals surface area (Å²) in [5.74, 6) is -2.36. The van der Waals surface area contributed by atoms with Crippen LogP contribution in [0.25, 0.3) is 0 Å². The zero-order chi connectivity index (χ0) is 15.0. The molecule has 0 aromatic rings. The van der Waals surface area contributed by atoms with E-state index in [4.69, 9.17) is 20.4 Å². The summed E-state index contributed by atoms with van der Waals surface area (Å²) < 4.78 is 0. The summed E-state index contributed by atoms with van der Waals surface area (Å²) in [6.07, 6.45) is 1.91. The van der Waals surface area contributed by atoms with Crippen LogP contribution in [0, 0.1) is 0 Å². The van der Waals surface area contributed by atoms with Crippen LogP contribution < -0.4 is 0 Å². The van der Waals surface area contributed by atoms with Gasteiger partial charge >= 0.3 is 11.9 Å². The van der Waals surface area contributed by atoms with Crippen LogP contribution in [0.2, 0.25) is 0 Å². The standard InChI is InChI=1S/C4H6O3.C4H10O2.C3H4O2/c1-3(5)2-4(6)7;5-3-1-2-4-6;1-2-3(4)5/h2H2,1H3,(H,6,7);5-6H,1-4H2;2H,1H2,(H,4,5). The minimum atomic E-state index is -1.06. The Morgan fingerprint density at radius 2 is 1.39 bits per heavy atom. The van der Waals surface area contributed by atoms with E-state index >= 15 is 0 Å². The highest BCUT2D eigenvalue weighted by Crippen LogP contribution is 1.80. The number of hydrogen-bond donors (Lipinski definition) is 4. The van der Waals surface area contributed by atoms with Crippen LogP contribution in [0.3, 0.4) is 0 Å². The molecule has 0 aliphatic rings. The molecule has 0 bridgehead atoms. The molecular weight excluding hydrogens is 244 g/mol. The largest absolute Gasteiger partial charge is 0.481 e. The zero-order valence-corrected chi connectivity index (χ0v) is 10.3. The molecule has 0 fully saturated rings. The third-order valence-corrected chi connectivity index (χ3v) is 1.14. The van der Waals surface area contributed by atoms with Crippen LogP contribution >= 0.6 is 0 Å². The van der Waals surface area contributed by atoms with E-state index in [9.17, 15) is 14.4 Å². The lowest BCUT2D eigenvalue weighted by Crippen LogP contribution is -2.00. The number of aliphatic hydroxyl groups is 2. The summed E-state index contributed by atoms with van der Waals surface area (Å²) in [4.78, 5) is 28.7. The van der Waals surface area contributed by atoms with Gasteiger partial charge in [0.15, 0.2) is 0 Å². The maximum atomic E-state index is 9.87. The van der Waals surface area contributed by atoms with Crippen molar-refractivity contribution < 1.29 is 34.8 Å². The van der Waals surface area contributed by atoms with Gasteiger partial charge in [0.2, 0.25) is 0 Å². The van der Waals surface area contributed by atoms with Gasteiger partial charge in [-0.15, -0.1) is 0 Å². The molecule has 0 atom stereocenters. The van der Waals surface area contributed by atoms with Crippen LogP contribution in [-0.2, 0) is 14.4 Å². The van der Waals surface area contributed by atoms with Crippen molar-refractivity contribution in [1.29, 1.82) is 0 Å². The monoisotopic (exact) mass is 264 g/mol. The number of rotatable bonds is 6. The van der Waals surface area contributed by atoms with Crippen LogP contribution in [-0.4, -0.2) is 51.4 Å². The Morgan fingerprint density at radius 3 is 1.44 bits per heavy atom. The third-order valence-electron chi connectivity index (χ3n) is 1.14. The van der Waals surface area contributed by atoms with Gasteiger partial charge in [-0.2, -0.15) is 0 Å². The summed E-state index contributed by atoms with van der Waals surface area (Å²) >= 11 is 0. The quantitative estimate of drug-likeness (QED) is 0.303. The maximum Gasteiger partial charge on any atom is 0.327 e. The second kappa shape index (κ2) is 17.7. The Balaban J connectivity index is -0.000000190. The fourth-order valence-corrected chi connectivity index (χ4v) is 0.437. The molecule has 18 heavy (non-hydrogen) atoms. The average Bonchev–Trinajstić information content (AvgIpc) is 2.26. The van der Waals surface area contributed by atoms with Gasteiger partial charge in [-0.1, -0.05) is 6.58 Å². The van der Waals surface area contributed by atoms with E-state index in [0.717, 1.165) is 18.9 Å². The van der Waals surface area contributed by atoms with E-state index in [1.54, 1.807) is 0 Å². The first-order valence-corrected chi connectivity index (χ1v) is 5.10. The van der Waals surface area contributed by atoms with Gasteiger partial charge in [-0.05, 0) is 19.8 Å². The van der Waals surface area contributed by atoms with E-state index in [1.807, 2.05) is 0 Å². The summed E-state index contributed by atoms with van der Waals surface area (Å²) in [6.45, 7) is 4.59. The summed E-state index contributed by atoms with van der Waals surface area (Å²) in [5.41, 5.74) is 0. The number of carbonyl (C=O) groups excluding carboxylic acids is 1. The number of aliphatic carboxylic acids is 2. The van der Waals surface area contributed by atoms with Crippen LogP contribution in [0.1, 0.15) is 26.2 Å². The van der Waals surface area contributed by atoms with Crippen molar-refractivity contribution in [2.24, 2.45) is 0 Å². The molecule has 4 N–H and O–H groups in total. The van der Waals surface area contributed by atoms with Crippen LogP contribution in [0.15, 0.2) is 12.7 Å². The van der Waals surface area contributed by atoms with E-state index in [-0.39, 0.29) is 25.4 Å². The lowest BCUT2D eigenvalue weighted by atomic mass is 10.3. The van der Waals surface area contributed by atoms with Gasteiger partial charge in [-0.3, -0.25) is 9.59 Å². The van der Waals surface area contributed by atoms with Crippen molar-refractivity contribution in [3.63, 3.8) is 0 Å². The first-order chi connectivity index (χ1) is 8.31. The normalized spacial score (nSPS) is 7.94. The number of aliphatic hydroxyl groups excluding tert-OH is 2. The minimum absolute atomic E-state index is 0.195. The molecule has 7 nitrogen and oxygen atoms in total. The van der Waals surface area contributed by atoms with E-state index in [0.29, 0.717) is 0 Å². The molecule has 0 aromatic heterocycles. The zero-order valence-electron chi connectivity index (χ0n) is 10.3. The number of ketones is 1. The Labute approximate surface area is 105 Å². The maximum absolute atomic E-state index is 9.87. The molecule has 0 saturated carbocycles. The molecule has 0 rings (SSSR count). The number of unbranched alkanes of at least 4 members (excludes halogenated alkanes) is 1. The Kier molecular flexibility index (Phi) is 21.1. The molecule has 0 heterocycles. The molecule has 0 spiro atoms. The predicted molar refractivity (Wildman–Crippen MR) is 64.2 cm³/mol. The summed E-state index contributed by atoms with van der Waals surface area (Å²) in [6, 6.07) is 0. The minimum Gasteiger partial charge on any atom is -0.481 e. The van der Waals surface area contributed by atoms with Gasteiger partial charge in [0.25, 0.3) is 0 Å². The van der Waals surface area contributed by atoms with Crippen LogP contribution in [0.5, 0.6) is 0 Å². The second-order valence-corrected chi connectivity index (χ2v) is 2.97. The van der Waals surface area contributed by atoms with E-state index < -0.39 is 11.9 Å². The molecular formula is C11H20O7. The fourth-order valence-electron chi connectivity index (χ4n) is 0.437. The number of carboxylic acid groups (broad SMARTS) is 2. The van der Waals surface area contributed by atoms with Crippen LogP contribution in [0.4, 0.5) is 0 Å². The Bertz CT molecular complexity index is 232. The SMILES string of the molecule is C=CC(=O)O.CC(=O)CC(=O)O.OCCCCO. The van der Waals surface area contributed by atoms with E-state index in [2.05, 4.69) is 6.58 Å². The van der Waals surface area contributed by atoms with Crippen molar-refractivity contribution in [1.82, 2.24) is 0 Å². The molecule has 0 aromatic carbocycles. The number of carbonyl (C=O) groups is 3. The number of Topliss-reactive ketones (excluding diaryl/α,β-unsaturated/α-hetero) is 1. The summed E-state index contributed by atoms with van der Waals surface area (Å²) in [5, 5.41) is 31.6. The molecule has 106 valence electrons. The van der Waals surface area contributed by atoms with Gasteiger partial charge in [0.05, 0.1) is 0 Å². The highest BCUT2D eigenvalue weighted by Gasteiger charge is 1.98. The average molecular weight is 264 g/mol. The van der Waals surface area contributed by atoms with Crippen molar-refractivity contribution >= 4 is 17.7 Å². The molecule has 0 aliphatic heterocycles. The van der Waals surface area contributed by atoms with E-state index in [1.165, 1.54) is 6.92 Å². The van der Waals surface area contributed by atoms with Gasteiger partial charge < -0.3 is 20.4 Å². The molecule has 0 unspecified atom stereocenters. The highest BCUT2D eigenvalue weighted by atomic mass is 16.4. The van der Waals surface area contributed by atoms with Crippen molar-refractivity contribution in [3.8, 4) is 0 Å². The smallest absolute Gasteiger partial charge is 0.327 e. The lowest BCUT2D eigenvalue weighted by Gasteiger charge is -1.85. The van der Waals surface area contributed by atoms with Crippen molar-refractivity contribution in [2.45, 2.75) is 26.2 Å². The topological polar surface area (TPSA) is 132 Å². The predicted octanol–water partition coefficient (Wildman–Crippen LogP) is 0.0583. The molecule has 0 amide bonds.